The topological polar surface area (TPSA) is 23.6 Å². The van der Waals surface area contributed by atoms with Crippen LogP contribution < -0.4 is 0 Å². The fourth-order valence-electron chi connectivity index (χ4n) is 1.62. The predicted molar refractivity (Wildman–Crippen MR) is 53.8 cm³/mol. The monoisotopic (exact) mass is 184 g/mol. The second-order valence-electron chi connectivity index (χ2n) is 4.69. The molecular weight excluding hydrogens is 164 g/mol. The first-order valence-corrected chi connectivity index (χ1v) is 4.91. The first-order chi connectivity index (χ1) is 6.03. The van der Waals surface area contributed by atoms with E-state index in [1.54, 1.807) is 0 Å². The van der Waals surface area contributed by atoms with Gasteiger partial charge in [0.15, 0.2) is 0 Å². The van der Waals surface area contributed by atoms with Gasteiger partial charge in [-0.2, -0.15) is 0 Å². The molecule has 1 heterocycles. The van der Waals surface area contributed by atoms with Crippen molar-refractivity contribution < 1.29 is 4.79 Å². The van der Waals surface area contributed by atoms with Crippen molar-refractivity contribution in [3.8, 4) is 0 Å². The van der Waals surface area contributed by atoms with Crippen molar-refractivity contribution in [3.05, 3.63) is 0 Å². The maximum absolute atomic E-state index is 10.7. The van der Waals surface area contributed by atoms with Crippen LogP contribution in [0.15, 0.2) is 0 Å². The van der Waals surface area contributed by atoms with E-state index in [4.69, 9.17) is 0 Å². The molecule has 0 unspecified atom stereocenters. The molecule has 0 radical (unpaired) electrons. The minimum atomic E-state index is -0.185. The van der Waals surface area contributed by atoms with Gasteiger partial charge in [0.05, 0.1) is 0 Å². The summed E-state index contributed by atoms with van der Waals surface area (Å²) >= 11 is 0. The molecule has 3 heteroatoms. The third-order valence-corrected chi connectivity index (χ3v) is 2.55. The summed E-state index contributed by atoms with van der Waals surface area (Å²) in [6.45, 7) is 9.31. The van der Waals surface area contributed by atoms with Crippen LogP contribution >= 0.6 is 0 Å². The largest absolute Gasteiger partial charge is 0.304 e. The van der Waals surface area contributed by atoms with E-state index in [1.807, 2.05) is 13.8 Å². The van der Waals surface area contributed by atoms with E-state index in [-0.39, 0.29) is 5.41 Å². The Kier molecular flexibility index (Phi) is 3.45. The van der Waals surface area contributed by atoms with Gasteiger partial charge in [-0.05, 0) is 7.05 Å². The Bertz CT molecular complexity index is 172. The molecule has 1 saturated heterocycles. The zero-order valence-corrected chi connectivity index (χ0v) is 8.92. The summed E-state index contributed by atoms with van der Waals surface area (Å²) in [4.78, 5) is 15.4. The van der Waals surface area contributed by atoms with Crippen molar-refractivity contribution >= 4 is 6.29 Å². The number of likely N-dealkylation sites (N-methyl/N-ethyl adjacent to an activating group) is 1. The van der Waals surface area contributed by atoms with Gasteiger partial charge in [0.25, 0.3) is 0 Å². The van der Waals surface area contributed by atoms with E-state index in [9.17, 15) is 4.79 Å². The second-order valence-corrected chi connectivity index (χ2v) is 4.69. The van der Waals surface area contributed by atoms with Crippen molar-refractivity contribution in [1.29, 1.82) is 0 Å². The van der Waals surface area contributed by atoms with E-state index in [1.165, 1.54) is 0 Å². The number of carbonyl (C=O) groups is 1. The van der Waals surface area contributed by atoms with Crippen molar-refractivity contribution in [2.75, 3.05) is 39.8 Å². The maximum Gasteiger partial charge on any atom is 0.126 e. The Morgan fingerprint density at radius 2 is 1.77 bits per heavy atom. The van der Waals surface area contributed by atoms with Crippen LogP contribution in [0.3, 0.4) is 0 Å². The molecule has 0 aromatic heterocycles. The number of carbonyl (C=O) groups excluding carboxylic acids is 1. The lowest BCUT2D eigenvalue weighted by atomic mass is 9.95. The summed E-state index contributed by atoms with van der Waals surface area (Å²) in [7, 11) is 2.14. The number of piperazine rings is 1. The summed E-state index contributed by atoms with van der Waals surface area (Å²) < 4.78 is 0. The van der Waals surface area contributed by atoms with Crippen LogP contribution in [0, 0.1) is 5.41 Å². The van der Waals surface area contributed by atoms with Gasteiger partial charge in [0.1, 0.15) is 6.29 Å². The number of aldehydes is 1. The molecule has 1 fully saturated rings. The average molecular weight is 184 g/mol. The van der Waals surface area contributed by atoms with Gasteiger partial charge in [-0.3, -0.25) is 4.90 Å². The van der Waals surface area contributed by atoms with E-state index < -0.39 is 0 Å². The maximum atomic E-state index is 10.7. The second kappa shape index (κ2) is 4.20. The molecule has 0 aromatic rings. The fourth-order valence-corrected chi connectivity index (χ4v) is 1.62. The molecule has 0 atom stereocenters. The third kappa shape index (κ3) is 3.44. The highest BCUT2D eigenvalue weighted by atomic mass is 16.1. The highest BCUT2D eigenvalue weighted by Crippen LogP contribution is 2.14. The van der Waals surface area contributed by atoms with Crippen molar-refractivity contribution in [1.82, 2.24) is 9.80 Å². The molecule has 1 rings (SSSR count). The zero-order valence-electron chi connectivity index (χ0n) is 8.92. The summed E-state index contributed by atoms with van der Waals surface area (Å²) in [6.07, 6.45) is 1.06. The first kappa shape index (κ1) is 10.7. The van der Waals surface area contributed by atoms with E-state index in [2.05, 4.69) is 16.8 Å². The Labute approximate surface area is 80.7 Å². The van der Waals surface area contributed by atoms with Crippen LogP contribution in [0.1, 0.15) is 13.8 Å². The van der Waals surface area contributed by atoms with Crippen LogP contribution in [-0.4, -0.2) is 55.9 Å². The molecule has 0 aromatic carbocycles. The Balaban J connectivity index is 2.34. The lowest BCUT2D eigenvalue weighted by Gasteiger charge is -2.35. The standard InChI is InChI=1S/C10H20N2O/c1-10(2,9-13)8-12-6-4-11(3)5-7-12/h9H,4-8H2,1-3H3. The molecule has 0 bridgehead atoms. The molecule has 13 heavy (non-hydrogen) atoms. The van der Waals surface area contributed by atoms with Crippen molar-refractivity contribution in [2.24, 2.45) is 5.41 Å². The molecular formula is C10H20N2O. The Morgan fingerprint density at radius 1 is 1.23 bits per heavy atom. The summed E-state index contributed by atoms with van der Waals surface area (Å²) in [6, 6.07) is 0. The van der Waals surface area contributed by atoms with Gasteiger partial charge in [-0.15, -0.1) is 0 Å². The molecule has 3 nitrogen and oxygen atoms in total. The molecule has 0 aliphatic carbocycles. The van der Waals surface area contributed by atoms with Crippen LogP contribution in [0.5, 0.6) is 0 Å². The van der Waals surface area contributed by atoms with Gasteiger partial charge in [0.2, 0.25) is 0 Å². The summed E-state index contributed by atoms with van der Waals surface area (Å²) in [5.74, 6) is 0. The summed E-state index contributed by atoms with van der Waals surface area (Å²) in [5, 5.41) is 0. The van der Waals surface area contributed by atoms with Crippen LogP contribution in [0.25, 0.3) is 0 Å². The lowest BCUT2D eigenvalue weighted by molar-refractivity contribution is -0.115. The van der Waals surface area contributed by atoms with E-state index in [0.717, 1.165) is 39.0 Å². The highest BCUT2D eigenvalue weighted by Gasteiger charge is 2.23. The molecule has 76 valence electrons. The molecule has 0 amide bonds. The minimum Gasteiger partial charge on any atom is -0.304 e. The minimum absolute atomic E-state index is 0.185. The van der Waals surface area contributed by atoms with E-state index in [0.29, 0.717) is 0 Å². The lowest BCUT2D eigenvalue weighted by Crippen LogP contribution is -2.47. The van der Waals surface area contributed by atoms with Crippen molar-refractivity contribution in [2.45, 2.75) is 13.8 Å². The van der Waals surface area contributed by atoms with E-state index >= 15 is 0 Å². The highest BCUT2D eigenvalue weighted by molar-refractivity contribution is 5.58. The number of rotatable bonds is 3. The Hall–Kier alpha value is -0.410. The zero-order chi connectivity index (χ0) is 9.90. The van der Waals surface area contributed by atoms with Gasteiger partial charge < -0.3 is 9.69 Å². The summed E-state index contributed by atoms with van der Waals surface area (Å²) in [5.41, 5.74) is -0.185. The predicted octanol–water partition coefficient (Wildman–Crippen LogP) is 0.459. The molecule has 1 aliphatic rings. The SMILES string of the molecule is CN1CCN(CC(C)(C)C=O)CC1. The van der Waals surface area contributed by atoms with Gasteiger partial charge in [0, 0.05) is 38.1 Å². The third-order valence-electron chi connectivity index (χ3n) is 2.55. The molecule has 0 saturated carbocycles. The smallest absolute Gasteiger partial charge is 0.126 e. The Morgan fingerprint density at radius 3 is 2.23 bits per heavy atom. The van der Waals surface area contributed by atoms with Gasteiger partial charge in [-0.25, -0.2) is 0 Å². The van der Waals surface area contributed by atoms with Crippen molar-refractivity contribution in [3.63, 3.8) is 0 Å². The number of hydrogen-bond donors (Lipinski definition) is 0. The first-order valence-electron chi connectivity index (χ1n) is 4.91. The molecule has 1 aliphatic heterocycles. The fraction of sp³-hybridized carbons (Fsp3) is 0.900. The molecule has 0 spiro atoms. The van der Waals surface area contributed by atoms with Crippen LogP contribution in [0.4, 0.5) is 0 Å². The van der Waals surface area contributed by atoms with Crippen LogP contribution in [-0.2, 0) is 4.79 Å². The molecule has 0 N–H and O–H groups in total. The average Bonchev–Trinajstić information content (AvgIpc) is 2.09. The quantitative estimate of drug-likeness (QED) is 0.595. The normalized spacial score (nSPS) is 21.8. The number of nitrogens with zero attached hydrogens (tertiary/aromatic N) is 2. The number of hydrogen-bond acceptors (Lipinski definition) is 3. The van der Waals surface area contributed by atoms with Gasteiger partial charge in [-0.1, -0.05) is 13.8 Å². The van der Waals surface area contributed by atoms with Gasteiger partial charge >= 0.3 is 0 Å². The van der Waals surface area contributed by atoms with Crippen LogP contribution in [0.2, 0.25) is 0 Å².